The molecule has 0 spiro atoms. The van der Waals surface area contributed by atoms with Crippen molar-refractivity contribution in [2.45, 2.75) is 65.7 Å². The number of hydrogen-bond donors (Lipinski definition) is 1. The van der Waals surface area contributed by atoms with Gasteiger partial charge in [0, 0.05) is 0 Å². The molecule has 1 aliphatic rings. The van der Waals surface area contributed by atoms with Crippen molar-refractivity contribution in [3.05, 3.63) is 0 Å². The molecule has 16 heavy (non-hydrogen) atoms. The Labute approximate surface area is 102 Å². The summed E-state index contributed by atoms with van der Waals surface area (Å²) in [7, 11) is 0. The summed E-state index contributed by atoms with van der Waals surface area (Å²) in [4.78, 5) is 0. The van der Waals surface area contributed by atoms with Crippen molar-refractivity contribution < 1.29 is 0 Å². The summed E-state index contributed by atoms with van der Waals surface area (Å²) in [6, 6.07) is 0. The second-order valence-electron chi connectivity index (χ2n) is 5.56. The van der Waals surface area contributed by atoms with Crippen LogP contribution in [0.1, 0.15) is 65.7 Å². The SMILES string of the molecule is CCCCC1CC(CC)CCC1CNCC. The minimum Gasteiger partial charge on any atom is -0.317 e. The van der Waals surface area contributed by atoms with Crippen LogP contribution in [-0.2, 0) is 0 Å². The van der Waals surface area contributed by atoms with E-state index in [1.807, 2.05) is 0 Å². The first-order valence-corrected chi connectivity index (χ1v) is 7.52. The zero-order valence-electron chi connectivity index (χ0n) is 11.6. The summed E-state index contributed by atoms with van der Waals surface area (Å²) >= 11 is 0. The topological polar surface area (TPSA) is 12.0 Å². The second kappa shape index (κ2) is 8.11. The lowest BCUT2D eigenvalue weighted by Gasteiger charge is -2.36. The first-order chi connectivity index (χ1) is 7.81. The van der Waals surface area contributed by atoms with Crippen LogP contribution in [-0.4, -0.2) is 13.1 Å². The Kier molecular flexibility index (Phi) is 7.11. The largest absolute Gasteiger partial charge is 0.317 e. The third-order valence-electron chi connectivity index (χ3n) is 4.41. The zero-order chi connectivity index (χ0) is 11.8. The Bertz CT molecular complexity index is 167. The first-order valence-electron chi connectivity index (χ1n) is 7.52. The molecular formula is C15H31N. The Morgan fingerprint density at radius 2 is 1.88 bits per heavy atom. The Morgan fingerprint density at radius 3 is 2.50 bits per heavy atom. The van der Waals surface area contributed by atoms with Gasteiger partial charge in [0.15, 0.2) is 0 Å². The van der Waals surface area contributed by atoms with E-state index in [0.717, 1.165) is 24.3 Å². The van der Waals surface area contributed by atoms with Crippen LogP contribution in [0.15, 0.2) is 0 Å². The molecule has 1 rings (SSSR count). The van der Waals surface area contributed by atoms with Gasteiger partial charge in [0.2, 0.25) is 0 Å². The van der Waals surface area contributed by atoms with E-state index in [0.29, 0.717) is 0 Å². The van der Waals surface area contributed by atoms with Gasteiger partial charge < -0.3 is 5.32 Å². The molecule has 96 valence electrons. The van der Waals surface area contributed by atoms with Crippen LogP contribution in [0.3, 0.4) is 0 Å². The molecule has 0 amide bonds. The Hall–Kier alpha value is -0.0400. The van der Waals surface area contributed by atoms with Gasteiger partial charge in [-0.25, -0.2) is 0 Å². The van der Waals surface area contributed by atoms with Crippen LogP contribution < -0.4 is 5.32 Å². The summed E-state index contributed by atoms with van der Waals surface area (Å²) in [5.41, 5.74) is 0. The fourth-order valence-electron chi connectivity index (χ4n) is 3.21. The van der Waals surface area contributed by atoms with Gasteiger partial charge in [-0.1, -0.05) is 52.9 Å². The van der Waals surface area contributed by atoms with Gasteiger partial charge in [0.05, 0.1) is 0 Å². The quantitative estimate of drug-likeness (QED) is 0.684. The van der Waals surface area contributed by atoms with Gasteiger partial charge in [-0.05, 0) is 43.7 Å². The molecule has 0 heterocycles. The summed E-state index contributed by atoms with van der Waals surface area (Å²) in [6.45, 7) is 9.31. The van der Waals surface area contributed by atoms with Crippen LogP contribution in [0.5, 0.6) is 0 Å². The monoisotopic (exact) mass is 225 g/mol. The van der Waals surface area contributed by atoms with E-state index in [-0.39, 0.29) is 0 Å². The van der Waals surface area contributed by atoms with Gasteiger partial charge in [0.1, 0.15) is 0 Å². The Morgan fingerprint density at radius 1 is 1.06 bits per heavy atom. The van der Waals surface area contributed by atoms with E-state index in [1.165, 1.54) is 51.5 Å². The summed E-state index contributed by atoms with van der Waals surface area (Å²) in [6.07, 6.45) is 10.1. The summed E-state index contributed by atoms with van der Waals surface area (Å²) in [5, 5.41) is 3.56. The van der Waals surface area contributed by atoms with E-state index in [4.69, 9.17) is 0 Å². The third kappa shape index (κ3) is 4.45. The van der Waals surface area contributed by atoms with Crippen LogP contribution >= 0.6 is 0 Å². The molecule has 0 aromatic carbocycles. The molecule has 1 heteroatoms. The minimum atomic E-state index is 0.967. The minimum absolute atomic E-state index is 0.967. The molecule has 1 saturated carbocycles. The predicted octanol–water partition coefficient (Wildman–Crippen LogP) is 4.23. The first kappa shape index (κ1) is 14.0. The summed E-state index contributed by atoms with van der Waals surface area (Å²) < 4.78 is 0. The molecule has 1 aliphatic carbocycles. The van der Waals surface area contributed by atoms with Gasteiger partial charge in [-0.3, -0.25) is 0 Å². The third-order valence-corrected chi connectivity index (χ3v) is 4.41. The number of rotatable bonds is 7. The molecule has 1 nitrogen and oxygen atoms in total. The number of hydrogen-bond acceptors (Lipinski definition) is 1. The van der Waals surface area contributed by atoms with Gasteiger partial charge >= 0.3 is 0 Å². The van der Waals surface area contributed by atoms with Crippen molar-refractivity contribution in [3.8, 4) is 0 Å². The maximum absolute atomic E-state index is 3.56. The van der Waals surface area contributed by atoms with Crippen molar-refractivity contribution >= 4 is 0 Å². The van der Waals surface area contributed by atoms with Crippen molar-refractivity contribution in [2.75, 3.05) is 13.1 Å². The maximum atomic E-state index is 3.56. The molecule has 3 unspecified atom stereocenters. The molecule has 1 fully saturated rings. The zero-order valence-corrected chi connectivity index (χ0v) is 11.6. The highest BCUT2D eigenvalue weighted by Crippen LogP contribution is 2.37. The van der Waals surface area contributed by atoms with E-state index in [9.17, 15) is 0 Å². The molecule has 0 bridgehead atoms. The Balaban J connectivity index is 2.39. The van der Waals surface area contributed by atoms with E-state index in [2.05, 4.69) is 26.1 Å². The maximum Gasteiger partial charge on any atom is -0.00180 e. The molecule has 0 radical (unpaired) electrons. The van der Waals surface area contributed by atoms with E-state index < -0.39 is 0 Å². The van der Waals surface area contributed by atoms with Crippen LogP contribution in [0, 0.1) is 17.8 Å². The van der Waals surface area contributed by atoms with Crippen molar-refractivity contribution in [1.82, 2.24) is 5.32 Å². The fraction of sp³-hybridized carbons (Fsp3) is 1.00. The highest BCUT2D eigenvalue weighted by atomic mass is 14.8. The average molecular weight is 225 g/mol. The molecular weight excluding hydrogens is 194 g/mol. The highest BCUT2D eigenvalue weighted by molar-refractivity contribution is 4.81. The smallest absolute Gasteiger partial charge is 0.00180 e. The molecule has 0 aromatic rings. The van der Waals surface area contributed by atoms with Gasteiger partial charge in [0.25, 0.3) is 0 Å². The number of nitrogens with one attached hydrogen (secondary N) is 1. The van der Waals surface area contributed by atoms with Crippen LogP contribution in [0.2, 0.25) is 0 Å². The van der Waals surface area contributed by atoms with Gasteiger partial charge in [-0.2, -0.15) is 0 Å². The molecule has 1 N–H and O–H groups in total. The molecule has 3 atom stereocenters. The van der Waals surface area contributed by atoms with Crippen LogP contribution in [0.25, 0.3) is 0 Å². The molecule has 0 aromatic heterocycles. The standard InChI is InChI=1S/C15H31N/c1-4-7-8-14-11-13(5-2)9-10-15(14)12-16-6-3/h13-16H,4-12H2,1-3H3. The molecule has 0 aliphatic heterocycles. The van der Waals surface area contributed by atoms with Crippen LogP contribution in [0.4, 0.5) is 0 Å². The second-order valence-corrected chi connectivity index (χ2v) is 5.56. The normalized spacial score (nSPS) is 30.6. The fourth-order valence-corrected chi connectivity index (χ4v) is 3.21. The van der Waals surface area contributed by atoms with Crippen molar-refractivity contribution in [1.29, 1.82) is 0 Å². The lowest BCUT2D eigenvalue weighted by atomic mass is 9.71. The van der Waals surface area contributed by atoms with Crippen molar-refractivity contribution in [2.24, 2.45) is 17.8 Å². The predicted molar refractivity (Wildman–Crippen MR) is 72.7 cm³/mol. The van der Waals surface area contributed by atoms with Gasteiger partial charge in [-0.15, -0.1) is 0 Å². The molecule has 0 saturated heterocycles. The lowest BCUT2D eigenvalue weighted by molar-refractivity contribution is 0.161. The van der Waals surface area contributed by atoms with E-state index >= 15 is 0 Å². The van der Waals surface area contributed by atoms with E-state index in [1.54, 1.807) is 0 Å². The number of unbranched alkanes of at least 4 members (excludes halogenated alkanes) is 1. The highest BCUT2D eigenvalue weighted by Gasteiger charge is 2.28. The summed E-state index contributed by atoms with van der Waals surface area (Å²) in [5.74, 6) is 3.01. The van der Waals surface area contributed by atoms with Crippen molar-refractivity contribution in [3.63, 3.8) is 0 Å². The average Bonchev–Trinajstić information content (AvgIpc) is 2.34. The lowest BCUT2D eigenvalue weighted by Crippen LogP contribution is -2.33.